The van der Waals surface area contributed by atoms with E-state index in [2.05, 4.69) is 11.9 Å². The molecule has 0 aromatic heterocycles. The van der Waals surface area contributed by atoms with Crippen LogP contribution in [0.1, 0.15) is 0 Å². The van der Waals surface area contributed by atoms with Crippen LogP contribution < -0.4 is 0 Å². The second kappa shape index (κ2) is 52.1. The summed E-state index contributed by atoms with van der Waals surface area (Å²) < 4.78 is 6.47. The van der Waals surface area contributed by atoms with Gasteiger partial charge in [0, 0.05) is 0 Å². The van der Waals surface area contributed by atoms with Crippen molar-refractivity contribution >= 4 is 49.6 Å². The van der Waals surface area contributed by atoms with E-state index < -0.39 is 0 Å². The largest absolute Gasteiger partial charge is 2.00 e. The summed E-state index contributed by atoms with van der Waals surface area (Å²) >= 11 is 3.64. The summed E-state index contributed by atoms with van der Waals surface area (Å²) in [5, 5.41) is 0. The van der Waals surface area contributed by atoms with Gasteiger partial charge < -0.3 is 11.0 Å². The first-order valence-corrected chi connectivity index (χ1v) is 0.507. The Bertz CT molecular complexity index is 6.85. The van der Waals surface area contributed by atoms with Gasteiger partial charge in [-0.15, -0.1) is 0 Å². The third kappa shape index (κ3) is 31.2. The average Bonchev–Trinajstić information content (AvgIpc) is 1.00. The van der Waals surface area contributed by atoms with Crippen molar-refractivity contribution in [3.63, 3.8) is 0 Å². The molecule has 0 aromatic rings. The van der Waals surface area contributed by atoms with Crippen LogP contribution in [-0.2, 0) is 0 Å². The molecule has 30 valence electrons. The predicted molar refractivity (Wildman–Crippen MR) is 17.7 cm³/mol. The van der Waals surface area contributed by atoms with E-state index in [-0.39, 0.29) is 48.7 Å². The number of rotatable bonds is 0. The van der Waals surface area contributed by atoms with Crippen molar-refractivity contribution in [2.24, 2.45) is 0 Å². The summed E-state index contributed by atoms with van der Waals surface area (Å²) in [7, 11) is 0. The molecule has 0 saturated heterocycles. The minimum absolute atomic E-state index is 0. The maximum atomic E-state index is 6.47. The molecule has 3 nitrogen and oxygen atoms in total. The van der Waals surface area contributed by atoms with Crippen molar-refractivity contribution in [3.8, 4) is 0 Å². The Morgan fingerprint density at radius 3 is 1.00 bits per heavy atom. The van der Waals surface area contributed by atoms with Crippen LogP contribution in [0.25, 0.3) is 0 Å². The Kier molecular flexibility index (Phi) is 335. The van der Waals surface area contributed by atoms with Crippen LogP contribution in [0.4, 0.5) is 0 Å². The predicted octanol–water partition coefficient (Wildman–Crippen LogP) is -0.602. The van der Waals surface area contributed by atoms with Crippen molar-refractivity contribution < 1.29 is 15.6 Å². The SMILES string of the molecule is OCl.[Ca+2].[OH-].[OH-]. The molecule has 0 aromatic carbocycles. The summed E-state index contributed by atoms with van der Waals surface area (Å²) in [6.07, 6.45) is 0. The summed E-state index contributed by atoms with van der Waals surface area (Å²) in [6.45, 7) is 0. The van der Waals surface area contributed by atoms with Crippen LogP contribution in [0.5, 0.6) is 0 Å². The first kappa shape index (κ1) is 32.1. The molecule has 0 spiro atoms. The standard InChI is InChI=1S/Ca.ClHO.2H2O/c;1-2;;/h;2H;2*1H2/q+2;;;/p-2. The van der Waals surface area contributed by atoms with Gasteiger partial charge in [0.2, 0.25) is 0 Å². The Morgan fingerprint density at radius 2 is 1.00 bits per heavy atom. The number of halogens is 1. The molecule has 0 heterocycles. The molecule has 0 aliphatic carbocycles. The normalized spacial score (nSPS) is 1.20. The van der Waals surface area contributed by atoms with E-state index in [0.717, 1.165) is 0 Å². The molecular formula is H3CaClO3. The Balaban J connectivity index is -0.00000000167. The van der Waals surface area contributed by atoms with Crippen molar-refractivity contribution in [2.75, 3.05) is 0 Å². The molecule has 0 unspecified atom stereocenters. The maximum Gasteiger partial charge on any atom is 2.00 e. The summed E-state index contributed by atoms with van der Waals surface area (Å²) in [4.78, 5) is 0. The second-order valence-corrected chi connectivity index (χ2v) is 0. The van der Waals surface area contributed by atoms with E-state index in [0.29, 0.717) is 0 Å². The summed E-state index contributed by atoms with van der Waals surface area (Å²) in [5.74, 6) is 0. The van der Waals surface area contributed by atoms with Gasteiger partial charge in [-0.05, 0) is 0 Å². The zero-order chi connectivity index (χ0) is 2.00. The van der Waals surface area contributed by atoms with E-state index in [9.17, 15) is 0 Å². The fourth-order valence-electron chi connectivity index (χ4n) is 0. The molecule has 0 rings (SSSR count). The van der Waals surface area contributed by atoms with Gasteiger partial charge in [-0.1, -0.05) is 0 Å². The van der Waals surface area contributed by atoms with Crippen molar-refractivity contribution in [3.05, 3.63) is 0 Å². The first-order valence-electron chi connectivity index (χ1n) is 0.169. The van der Waals surface area contributed by atoms with E-state index in [1.165, 1.54) is 0 Å². The van der Waals surface area contributed by atoms with Gasteiger partial charge in [0.1, 0.15) is 0 Å². The molecule has 3 N–H and O–H groups in total. The van der Waals surface area contributed by atoms with E-state index >= 15 is 0 Å². The van der Waals surface area contributed by atoms with Gasteiger partial charge in [-0.25, -0.2) is 0 Å². The molecule has 5 heavy (non-hydrogen) atoms. The molecule has 0 fully saturated rings. The van der Waals surface area contributed by atoms with Gasteiger partial charge in [0.15, 0.2) is 0 Å². The van der Waals surface area contributed by atoms with Crippen LogP contribution in [-0.4, -0.2) is 53.3 Å². The third-order valence-electron chi connectivity index (χ3n) is 0. The maximum absolute atomic E-state index is 6.47. The van der Waals surface area contributed by atoms with Crippen LogP contribution in [0.3, 0.4) is 0 Å². The van der Waals surface area contributed by atoms with Gasteiger partial charge >= 0.3 is 37.7 Å². The molecule has 0 radical (unpaired) electrons. The number of hydrogen-bond acceptors (Lipinski definition) is 3. The van der Waals surface area contributed by atoms with Crippen molar-refractivity contribution in [1.82, 2.24) is 0 Å². The fraction of sp³-hybridized carbons (Fsp3) is 0. The topological polar surface area (TPSA) is 80.2 Å². The van der Waals surface area contributed by atoms with Crippen LogP contribution in [0.2, 0.25) is 0 Å². The van der Waals surface area contributed by atoms with Gasteiger partial charge in [0.05, 0.1) is 11.9 Å². The zero-order valence-electron chi connectivity index (χ0n) is 2.43. The van der Waals surface area contributed by atoms with E-state index in [1.807, 2.05) is 0 Å². The Morgan fingerprint density at radius 1 is 1.00 bits per heavy atom. The minimum Gasteiger partial charge on any atom is -0.870 e. The Hall–Kier alpha value is 1.43. The smallest absolute Gasteiger partial charge is 0.870 e. The first-order chi connectivity index (χ1) is 1.00. The fourth-order valence-corrected chi connectivity index (χ4v) is 0. The third-order valence-corrected chi connectivity index (χ3v) is 0. The quantitative estimate of drug-likeness (QED) is 0.440. The van der Waals surface area contributed by atoms with E-state index in [4.69, 9.17) is 4.66 Å². The summed E-state index contributed by atoms with van der Waals surface area (Å²) in [5.41, 5.74) is 0. The van der Waals surface area contributed by atoms with Crippen LogP contribution in [0, 0.1) is 0 Å². The summed E-state index contributed by atoms with van der Waals surface area (Å²) in [6, 6.07) is 0. The molecule has 0 saturated carbocycles. The molecule has 0 atom stereocenters. The molecular weight excluding hydrogens is 124 g/mol. The molecule has 0 aliphatic heterocycles. The van der Waals surface area contributed by atoms with Crippen molar-refractivity contribution in [1.29, 1.82) is 0 Å². The Labute approximate surface area is 64.7 Å². The monoisotopic (exact) mass is 126 g/mol. The molecule has 5 heteroatoms. The molecule has 0 aliphatic rings. The average molecular weight is 127 g/mol. The number of hydrogen-bond donors (Lipinski definition) is 1. The second-order valence-electron chi connectivity index (χ2n) is 0. The van der Waals surface area contributed by atoms with Crippen molar-refractivity contribution in [2.45, 2.75) is 0 Å². The molecule has 0 bridgehead atoms. The van der Waals surface area contributed by atoms with Crippen LogP contribution in [0.15, 0.2) is 0 Å². The minimum atomic E-state index is 0. The van der Waals surface area contributed by atoms with Crippen LogP contribution >= 0.6 is 11.9 Å². The zero-order valence-corrected chi connectivity index (χ0v) is 5.39. The van der Waals surface area contributed by atoms with Gasteiger partial charge in [-0.3, -0.25) is 4.66 Å². The van der Waals surface area contributed by atoms with E-state index in [1.54, 1.807) is 0 Å². The van der Waals surface area contributed by atoms with Gasteiger partial charge in [-0.2, -0.15) is 0 Å². The molecule has 0 amide bonds. The van der Waals surface area contributed by atoms with Gasteiger partial charge in [0.25, 0.3) is 0 Å².